The van der Waals surface area contributed by atoms with Gasteiger partial charge < -0.3 is 60.4 Å². The van der Waals surface area contributed by atoms with Crippen LogP contribution in [0.5, 0.6) is 0 Å². The van der Waals surface area contributed by atoms with Crippen molar-refractivity contribution < 1.29 is 54.7 Å². The fraction of sp³-hybridized carbons (Fsp3) is 1.00. The van der Waals surface area contributed by atoms with Crippen LogP contribution < -0.4 is 5.73 Å². The Morgan fingerprint density at radius 2 is 1.27 bits per heavy atom. The summed E-state index contributed by atoms with van der Waals surface area (Å²) < 4.78 is 21.7. The number of rotatable bonds is 11. The lowest BCUT2D eigenvalue weighted by atomic mass is 9.97. The highest BCUT2D eigenvalue weighted by molar-refractivity contribution is 4.94. The van der Waals surface area contributed by atoms with Crippen LogP contribution in [-0.2, 0) is 18.9 Å². The van der Waals surface area contributed by atoms with Crippen LogP contribution in [0.15, 0.2) is 0 Å². The summed E-state index contributed by atoms with van der Waals surface area (Å²) in [6.07, 6.45) is -11.0. The molecule has 2 aliphatic rings. The Balaban J connectivity index is 1.94. The average molecular weight is 441 g/mol. The van der Waals surface area contributed by atoms with E-state index in [0.717, 1.165) is 19.3 Å². The van der Waals surface area contributed by atoms with Gasteiger partial charge in [0.1, 0.15) is 48.8 Å². The van der Waals surface area contributed by atoms with Crippen LogP contribution >= 0.6 is 0 Å². The molecule has 10 unspecified atom stereocenters. The number of unbranched alkanes of at least 4 members (excludes halogenated alkanes) is 3. The Labute approximate surface area is 174 Å². The summed E-state index contributed by atoms with van der Waals surface area (Å²) in [4.78, 5) is 0. The number of nitrogens with two attached hydrogens (primary N) is 1. The third kappa shape index (κ3) is 6.28. The molecule has 0 bridgehead atoms. The molecular formula is C18H35NO11. The molecule has 9 N–H and O–H groups in total. The van der Waals surface area contributed by atoms with Gasteiger partial charge in [0, 0.05) is 6.61 Å². The first kappa shape index (κ1) is 25.8. The van der Waals surface area contributed by atoms with Crippen molar-refractivity contribution in [3.05, 3.63) is 0 Å². The highest BCUT2D eigenvalue weighted by Gasteiger charge is 2.50. The number of aliphatic hydroxyl groups excluding tert-OH is 7. The van der Waals surface area contributed by atoms with Crippen LogP contribution in [0, 0.1) is 0 Å². The van der Waals surface area contributed by atoms with Crippen LogP contribution in [0.1, 0.15) is 25.7 Å². The summed E-state index contributed by atoms with van der Waals surface area (Å²) in [5.41, 5.74) is 5.43. The first-order valence-corrected chi connectivity index (χ1v) is 10.3. The van der Waals surface area contributed by atoms with Crippen LogP contribution in [-0.4, -0.2) is 124 Å². The number of hydrogen-bond donors (Lipinski definition) is 8. The second kappa shape index (κ2) is 12.5. The van der Waals surface area contributed by atoms with E-state index in [0.29, 0.717) is 13.0 Å². The van der Waals surface area contributed by atoms with Crippen LogP contribution in [0.4, 0.5) is 0 Å². The predicted octanol–water partition coefficient (Wildman–Crippen LogP) is -3.85. The van der Waals surface area contributed by atoms with Crippen molar-refractivity contribution in [3.63, 3.8) is 0 Å². The van der Waals surface area contributed by atoms with Gasteiger partial charge >= 0.3 is 0 Å². The molecule has 0 saturated carbocycles. The fourth-order valence-electron chi connectivity index (χ4n) is 3.49. The lowest BCUT2D eigenvalue weighted by Gasteiger charge is -2.45. The zero-order valence-corrected chi connectivity index (χ0v) is 16.8. The van der Waals surface area contributed by atoms with E-state index in [1.165, 1.54) is 0 Å². The molecule has 0 aromatic carbocycles. The second-order valence-corrected chi connectivity index (χ2v) is 7.58. The average Bonchev–Trinajstić information content (AvgIpc) is 2.75. The van der Waals surface area contributed by atoms with E-state index in [-0.39, 0.29) is 6.61 Å². The van der Waals surface area contributed by atoms with Crippen molar-refractivity contribution in [2.75, 3.05) is 26.4 Å². The Bertz CT molecular complexity index is 483. The van der Waals surface area contributed by atoms with Gasteiger partial charge in [-0.05, 0) is 19.4 Å². The highest BCUT2D eigenvalue weighted by Crippen LogP contribution is 2.29. The molecule has 0 aliphatic carbocycles. The number of aliphatic hydroxyl groups is 7. The second-order valence-electron chi connectivity index (χ2n) is 7.58. The van der Waals surface area contributed by atoms with Crippen molar-refractivity contribution in [1.29, 1.82) is 0 Å². The van der Waals surface area contributed by atoms with Gasteiger partial charge in [0.05, 0.1) is 13.2 Å². The SMILES string of the molecule is NCCCCCCOC1OC(CO)C(OC2OC(CO)C(O)C(O)C2O)C(O)C1O. The first-order valence-electron chi connectivity index (χ1n) is 10.3. The maximum Gasteiger partial charge on any atom is 0.187 e. The van der Waals surface area contributed by atoms with Crippen molar-refractivity contribution >= 4 is 0 Å². The van der Waals surface area contributed by atoms with Crippen LogP contribution in [0.25, 0.3) is 0 Å². The van der Waals surface area contributed by atoms with Crippen LogP contribution in [0.2, 0.25) is 0 Å². The normalized spacial score (nSPS) is 42.4. The zero-order valence-electron chi connectivity index (χ0n) is 16.8. The van der Waals surface area contributed by atoms with Gasteiger partial charge in [-0.25, -0.2) is 0 Å². The van der Waals surface area contributed by atoms with Crippen molar-refractivity contribution in [1.82, 2.24) is 0 Å². The molecule has 12 nitrogen and oxygen atoms in total. The van der Waals surface area contributed by atoms with Crippen molar-refractivity contribution in [2.24, 2.45) is 5.73 Å². The summed E-state index contributed by atoms with van der Waals surface area (Å²) in [5.74, 6) is 0. The van der Waals surface area contributed by atoms with Gasteiger partial charge in [-0.2, -0.15) is 0 Å². The monoisotopic (exact) mass is 441 g/mol. The minimum Gasteiger partial charge on any atom is -0.394 e. The molecule has 0 radical (unpaired) electrons. The fourth-order valence-corrected chi connectivity index (χ4v) is 3.49. The highest BCUT2D eigenvalue weighted by atomic mass is 16.7. The van der Waals surface area contributed by atoms with Gasteiger partial charge in [-0.15, -0.1) is 0 Å². The molecule has 0 amide bonds. The molecule has 10 atom stereocenters. The molecule has 2 aliphatic heterocycles. The maximum absolute atomic E-state index is 10.5. The van der Waals surface area contributed by atoms with Gasteiger partial charge in [0.15, 0.2) is 12.6 Å². The maximum atomic E-state index is 10.5. The summed E-state index contributed by atoms with van der Waals surface area (Å²) in [5, 5.41) is 69.5. The summed E-state index contributed by atoms with van der Waals surface area (Å²) >= 11 is 0. The molecule has 2 saturated heterocycles. The summed E-state index contributed by atoms with van der Waals surface area (Å²) in [6, 6.07) is 0. The molecule has 0 spiro atoms. The van der Waals surface area contributed by atoms with E-state index >= 15 is 0 Å². The van der Waals surface area contributed by atoms with E-state index < -0.39 is 74.6 Å². The Kier molecular flexibility index (Phi) is 10.8. The largest absolute Gasteiger partial charge is 0.394 e. The van der Waals surface area contributed by atoms with Crippen LogP contribution in [0.3, 0.4) is 0 Å². The molecule has 178 valence electrons. The van der Waals surface area contributed by atoms with E-state index in [1.807, 2.05) is 0 Å². The van der Waals surface area contributed by atoms with E-state index in [2.05, 4.69) is 0 Å². The third-order valence-electron chi connectivity index (χ3n) is 5.34. The standard InChI is InChI=1S/C18H35NO11/c19-5-3-1-2-4-6-27-17-15(26)13(24)16(10(8-21)29-17)30-18-14(25)12(23)11(22)9(7-20)28-18/h9-18,20-26H,1-8,19H2. The van der Waals surface area contributed by atoms with E-state index in [1.54, 1.807) is 0 Å². The lowest BCUT2D eigenvalue weighted by molar-refractivity contribution is -0.359. The number of ether oxygens (including phenoxy) is 4. The predicted molar refractivity (Wildman–Crippen MR) is 99.9 cm³/mol. The molecule has 12 heteroatoms. The minimum atomic E-state index is -1.70. The Morgan fingerprint density at radius 1 is 0.667 bits per heavy atom. The van der Waals surface area contributed by atoms with Crippen molar-refractivity contribution in [3.8, 4) is 0 Å². The topological polar surface area (TPSA) is 205 Å². The Hall–Kier alpha value is -0.480. The van der Waals surface area contributed by atoms with E-state index in [9.17, 15) is 35.7 Å². The summed E-state index contributed by atoms with van der Waals surface area (Å²) in [7, 11) is 0. The number of hydrogen-bond acceptors (Lipinski definition) is 12. The van der Waals surface area contributed by atoms with Gasteiger partial charge in [-0.3, -0.25) is 0 Å². The molecule has 0 aromatic heterocycles. The third-order valence-corrected chi connectivity index (χ3v) is 5.34. The lowest BCUT2D eigenvalue weighted by Crippen LogP contribution is -2.64. The quantitative estimate of drug-likeness (QED) is 0.145. The smallest absolute Gasteiger partial charge is 0.187 e. The van der Waals surface area contributed by atoms with E-state index in [4.69, 9.17) is 24.7 Å². The molecular weight excluding hydrogens is 406 g/mol. The molecule has 2 heterocycles. The molecule has 30 heavy (non-hydrogen) atoms. The first-order chi connectivity index (χ1) is 14.3. The zero-order chi connectivity index (χ0) is 22.3. The van der Waals surface area contributed by atoms with Gasteiger partial charge in [0.2, 0.25) is 0 Å². The van der Waals surface area contributed by atoms with Gasteiger partial charge in [-0.1, -0.05) is 12.8 Å². The molecule has 2 rings (SSSR count). The molecule has 0 aromatic rings. The Morgan fingerprint density at radius 3 is 1.90 bits per heavy atom. The summed E-state index contributed by atoms with van der Waals surface area (Å²) in [6.45, 7) is -0.356. The van der Waals surface area contributed by atoms with Gasteiger partial charge in [0.25, 0.3) is 0 Å². The van der Waals surface area contributed by atoms with Crippen molar-refractivity contribution in [2.45, 2.75) is 87.1 Å². The molecule has 2 fully saturated rings. The minimum absolute atomic E-state index is 0.273.